The number of rotatable bonds is 9. The van der Waals surface area contributed by atoms with Gasteiger partial charge in [-0.05, 0) is 49.9 Å². The zero-order valence-corrected chi connectivity index (χ0v) is 23.7. The maximum absolute atomic E-state index is 12.8. The van der Waals surface area contributed by atoms with Crippen LogP contribution in [0, 0.1) is 5.92 Å². The highest BCUT2D eigenvalue weighted by atomic mass is 79.9. The van der Waals surface area contributed by atoms with Gasteiger partial charge in [0.1, 0.15) is 5.52 Å². The molecule has 3 heterocycles. The predicted octanol–water partition coefficient (Wildman–Crippen LogP) is 5.46. The van der Waals surface area contributed by atoms with E-state index in [9.17, 15) is 9.59 Å². The molecule has 198 valence electrons. The molecule has 0 N–H and O–H groups in total. The summed E-state index contributed by atoms with van der Waals surface area (Å²) in [6, 6.07) is 16.5. The Morgan fingerprint density at radius 1 is 1.13 bits per heavy atom. The fourth-order valence-electron chi connectivity index (χ4n) is 4.88. The maximum atomic E-state index is 12.8. The average molecular weight is 597 g/mol. The van der Waals surface area contributed by atoms with Gasteiger partial charge in [0.25, 0.3) is 0 Å². The zero-order valence-electron chi connectivity index (χ0n) is 21.3. The van der Waals surface area contributed by atoms with Crippen molar-refractivity contribution in [1.82, 2.24) is 24.6 Å². The second-order valence-electron chi connectivity index (χ2n) is 9.38. The minimum Gasteiger partial charge on any atom is -0.466 e. The number of aromatic nitrogens is 4. The number of piperidine rings is 1. The molecule has 1 unspecified atom stereocenters. The van der Waals surface area contributed by atoms with E-state index in [1.54, 1.807) is 11.8 Å². The number of nitrogens with zero attached hydrogens (tertiary/aromatic N) is 5. The van der Waals surface area contributed by atoms with E-state index in [1.807, 2.05) is 24.3 Å². The van der Waals surface area contributed by atoms with Crippen molar-refractivity contribution in [3.8, 4) is 0 Å². The lowest BCUT2D eigenvalue weighted by Crippen LogP contribution is -2.42. The fraction of sp³-hybridized carbons (Fsp3) is 0.393. The van der Waals surface area contributed by atoms with Crippen LogP contribution in [0.1, 0.15) is 38.2 Å². The maximum Gasteiger partial charge on any atom is 0.310 e. The molecule has 2 aromatic carbocycles. The molecule has 38 heavy (non-hydrogen) atoms. The number of hydrogen-bond acceptors (Lipinski definition) is 7. The quantitative estimate of drug-likeness (QED) is 0.144. The van der Waals surface area contributed by atoms with Gasteiger partial charge in [-0.2, -0.15) is 0 Å². The van der Waals surface area contributed by atoms with Gasteiger partial charge in [-0.25, -0.2) is 4.98 Å². The summed E-state index contributed by atoms with van der Waals surface area (Å²) in [6.45, 7) is 4.01. The van der Waals surface area contributed by atoms with Crippen LogP contribution in [0.15, 0.2) is 58.2 Å². The lowest BCUT2D eigenvalue weighted by atomic mass is 9.98. The fourth-order valence-corrected chi connectivity index (χ4v) is 5.87. The monoisotopic (exact) mass is 595 g/mol. The van der Waals surface area contributed by atoms with Crippen LogP contribution in [0.25, 0.3) is 22.1 Å². The Morgan fingerprint density at radius 3 is 2.76 bits per heavy atom. The van der Waals surface area contributed by atoms with E-state index in [0.717, 1.165) is 39.4 Å². The molecule has 5 rings (SSSR count). The van der Waals surface area contributed by atoms with Crippen molar-refractivity contribution >= 4 is 61.6 Å². The molecule has 0 spiro atoms. The first kappa shape index (κ1) is 26.6. The standard InChI is InChI=1S/C28H30BrN5O3S/c1-2-37-27(36)20-7-5-15-33(18-20)24(35)10-6-16-38-28-30-26-25(31-32-28)22-8-3-4-9-23(22)34(26)17-19-11-13-21(29)14-12-19/h3-4,8-9,11-14,20H,2,5-7,10,15-18H2,1H3. The highest BCUT2D eigenvalue weighted by Crippen LogP contribution is 2.28. The molecule has 8 nitrogen and oxygen atoms in total. The number of amides is 1. The van der Waals surface area contributed by atoms with Gasteiger partial charge in [-0.3, -0.25) is 9.59 Å². The summed E-state index contributed by atoms with van der Waals surface area (Å²) in [6.07, 6.45) is 2.75. The van der Waals surface area contributed by atoms with Crippen molar-refractivity contribution in [2.24, 2.45) is 5.92 Å². The molecular weight excluding hydrogens is 566 g/mol. The number of para-hydroxylation sites is 1. The van der Waals surface area contributed by atoms with E-state index >= 15 is 0 Å². The number of hydrogen-bond donors (Lipinski definition) is 0. The number of esters is 1. The van der Waals surface area contributed by atoms with Crippen LogP contribution in [-0.2, 0) is 20.9 Å². The summed E-state index contributed by atoms with van der Waals surface area (Å²) in [4.78, 5) is 31.5. The van der Waals surface area contributed by atoms with E-state index in [1.165, 1.54) is 17.3 Å². The average Bonchev–Trinajstić information content (AvgIpc) is 3.25. The molecule has 10 heteroatoms. The van der Waals surface area contributed by atoms with Gasteiger partial charge >= 0.3 is 5.97 Å². The summed E-state index contributed by atoms with van der Waals surface area (Å²) in [5.41, 5.74) is 3.84. The summed E-state index contributed by atoms with van der Waals surface area (Å²) in [7, 11) is 0. The van der Waals surface area contributed by atoms with Gasteiger partial charge in [-0.1, -0.05) is 58.0 Å². The second kappa shape index (κ2) is 12.3. The molecule has 0 bridgehead atoms. The smallest absolute Gasteiger partial charge is 0.310 e. The van der Waals surface area contributed by atoms with Crippen molar-refractivity contribution in [3.63, 3.8) is 0 Å². The number of carbonyl (C=O) groups excluding carboxylic acids is 2. The first-order valence-corrected chi connectivity index (χ1v) is 14.7. The van der Waals surface area contributed by atoms with E-state index in [-0.39, 0.29) is 17.8 Å². The molecule has 0 aliphatic carbocycles. The van der Waals surface area contributed by atoms with Gasteiger partial charge in [0.05, 0.1) is 18.0 Å². The molecule has 1 atom stereocenters. The number of thioether (sulfide) groups is 1. The first-order valence-electron chi connectivity index (χ1n) is 13.0. The van der Waals surface area contributed by atoms with E-state index < -0.39 is 0 Å². The topological polar surface area (TPSA) is 90.2 Å². The SMILES string of the molecule is CCOC(=O)C1CCCN(C(=O)CCCSc2nnc3c4ccccc4n(Cc4ccc(Br)cc4)c3n2)C1. The number of benzene rings is 2. The molecule has 0 saturated carbocycles. The van der Waals surface area contributed by atoms with Crippen LogP contribution in [0.4, 0.5) is 0 Å². The molecular formula is C28H30BrN5O3S. The van der Waals surface area contributed by atoms with E-state index in [0.29, 0.717) is 50.0 Å². The van der Waals surface area contributed by atoms with E-state index in [2.05, 4.69) is 55.0 Å². The third kappa shape index (κ3) is 6.02. The van der Waals surface area contributed by atoms with Crippen LogP contribution < -0.4 is 0 Å². The van der Waals surface area contributed by atoms with Crippen molar-refractivity contribution < 1.29 is 14.3 Å². The van der Waals surface area contributed by atoms with E-state index in [4.69, 9.17) is 9.72 Å². The number of ether oxygens (including phenoxy) is 1. The Bertz CT molecular complexity index is 1440. The molecule has 1 aliphatic rings. The Morgan fingerprint density at radius 2 is 1.95 bits per heavy atom. The minimum absolute atomic E-state index is 0.0868. The Hall–Kier alpha value is -2.98. The van der Waals surface area contributed by atoms with Gasteiger partial charge in [0.2, 0.25) is 11.1 Å². The van der Waals surface area contributed by atoms with Crippen LogP contribution >= 0.6 is 27.7 Å². The molecule has 1 aliphatic heterocycles. The largest absolute Gasteiger partial charge is 0.466 e. The van der Waals surface area contributed by atoms with Crippen LogP contribution in [0.3, 0.4) is 0 Å². The predicted molar refractivity (Wildman–Crippen MR) is 152 cm³/mol. The number of likely N-dealkylation sites (tertiary alicyclic amines) is 1. The molecule has 1 saturated heterocycles. The van der Waals surface area contributed by atoms with Gasteiger partial charge in [-0.15, -0.1) is 10.2 Å². The number of carbonyl (C=O) groups is 2. The summed E-state index contributed by atoms with van der Waals surface area (Å²) in [5.74, 6) is 0.389. The van der Waals surface area contributed by atoms with Crippen LogP contribution in [0.5, 0.6) is 0 Å². The Balaban J connectivity index is 1.23. The lowest BCUT2D eigenvalue weighted by Gasteiger charge is -2.31. The third-order valence-electron chi connectivity index (χ3n) is 6.77. The van der Waals surface area contributed by atoms with Crippen molar-refractivity contribution in [3.05, 3.63) is 58.6 Å². The van der Waals surface area contributed by atoms with Crippen LogP contribution in [-0.4, -0.2) is 62.0 Å². The number of fused-ring (bicyclic) bond motifs is 3. The molecule has 0 radical (unpaired) electrons. The molecule has 4 aromatic rings. The second-order valence-corrected chi connectivity index (χ2v) is 11.4. The van der Waals surface area contributed by atoms with Crippen molar-refractivity contribution in [2.75, 3.05) is 25.4 Å². The van der Waals surface area contributed by atoms with Crippen molar-refractivity contribution in [2.45, 2.75) is 44.3 Å². The van der Waals surface area contributed by atoms with Gasteiger partial charge in [0, 0.05) is 41.7 Å². The minimum atomic E-state index is -0.211. The summed E-state index contributed by atoms with van der Waals surface area (Å²) in [5, 5.41) is 10.5. The molecule has 1 amide bonds. The molecule has 1 fully saturated rings. The highest BCUT2D eigenvalue weighted by molar-refractivity contribution is 9.10. The van der Waals surface area contributed by atoms with Gasteiger partial charge < -0.3 is 14.2 Å². The highest BCUT2D eigenvalue weighted by Gasteiger charge is 2.29. The van der Waals surface area contributed by atoms with Crippen LogP contribution in [0.2, 0.25) is 0 Å². The summed E-state index contributed by atoms with van der Waals surface area (Å²) >= 11 is 5.02. The third-order valence-corrected chi connectivity index (χ3v) is 8.22. The number of halogens is 1. The zero-order chi connectivity index (χ0) is 26.5. The first-order chi connectivity index (χ1) is 18.5. The molecule has 2 aromatic heterocycles. The normalized spacial score (nSPS) is 15.7. The lowest BCUT2D eigenvalue weighted by molar-refractivity contribution is -0.151. The Kier molecular flexibility index (Phi) is 8.58. The van der Waals surface area contributed by atoms with Crippen molar-refractivity contribution in [1.29, 1.82) is 0 Å². The Labute approximate surface area is 234 Å². The van der Waals surface area contributed by atoms with Gasteiger partial charge in [0.15, 0.2) is 5.65 Å². The summed E-state index contributed by atoms with van der Waals surface area (Å²) < 4.78 is 8.38.